The monoisotopic (exact) mass is 511 g/mol. The SMILES string of the molecule is CCOc1ccc(C2=NN(C3CCN(C(=O)CCCC(=O)O)CC3)C(=O)[C@@H]3CC=CC[C@H]23)cc1OCC. The van der Waals surface area contributed by atoms with Gasteiger partial charge in [-0.2, -0.15) is 5.10 Å². The first-order valence-corrected chi connectivity index (χ1v) is 13.4. The number of hydrogen-bond acceptors (Lipinski definition) is 6. The van der Waals surface area contributed by atoms with Crippen LogP contribution >= 0.6 is 0 Å². The van der Waals surface area contributed by atoms with Crippen LogP contribution < -0.4 is 9.47 Å². The van der Waals surface area contributed by atoms with Crippen molar-refractivity contribution in [3.8, 4) is 11.5 Å². The zero-order valence-corrected chi connectivity index (χ0v) is 21.7. The molecule has 9 heteroatoms. The second-order valence-corrected chi connectivity index (χ2v) is 9.71. The molecule has 200 valence electrons. The Morgan fingerprint density at radius 1 is 1.00 bits per heavy atom. The summed E-state index contributed by atoms with van der Waals surface area (Å²) in [6, 6.07) is 5.80. The number of ether oxygens (including phenoxy) is 2. The van der Waals surface area contributed by atoms with Crippen LogP contribution in [0.4, 0.5) is 0 Å². The van der Waals surface area contributed by atoms with Gasteiger partial charge in [-0.1, -0.05) is 12.2 Å². The predicted molar refractivity (Wildman–Crippen MR) is 139 cm³/mol. The Kier molecular flexibility index (Phi) is 8.84. The molecule has 1 N–H and O–H groups in total. The average molecular weight is 512 g/mol. The van der Waals surface area contributed by atoms with Gasteiger partial charge in [-0.15, -0.1) is 0 Å². The Morgan fingerprint density at radius 2 is 1.68 bits per heavy atom. The van der Waals surface area contributed by atoms with Crippen LogP contribution in [-0.4, -0.2) is 70.9 Å². The number of carboxylic acid groups (broad SMARTS) is 1. The van der Waals surface area contributed by atoms with E-state index in [-0.39, 0.29) is 42.5 Å². The molecule has 0 unspecified atom stereocenters. The van der Waals surface area contributed by atoms with Gasteiger partial charge in [0.1, 0.15) is 0 Å². The number of amides is 2. The second kappa shape index (κ2) is 12.3. The molecule has 1 aliphatic carbocycles. The molecule has 2 aliphatic heterocycles. The number of piperidine rings is 1. The third-order valence-corrected chi connectivity index (χ3v) is 7.33. The normalized spacial score (nSPS) is 21.9. The number of hydrogen-bond donors (Lipinski definition) is 1. The summed E-state index contributed by atoms with van der Waals surface area (Å²) in [7, 11) is 0. The largest absolute Gasteiger partial charge is 0.490 e. The molecule has 2 atom stereocenters. The first kappa shape index (κ1) is 26.7. The van der Waals surface area contributed by atoms with Crippen molar-refractivity contribution in [2.75, 3.05) is 26.3 Å². The van der Waals surface area contributed by atoms with Crippen LogP contribution in [-0.2, 0) is 14.4 Å². The summed E-state index contributed by atoms with van der Waals surface area (Å²) in [5.74, 6) is 0.362. The number of likely N-dealkylation sites (tertiary alicyclic amines) is 1. The Hall–Kier alpha value is -3.36. The van der Waals surface area contributed by atoms with Crippen LogP contribution in [0.5, 0.6) is 11.5 Å². The Bertz CT molecular complexity index is 1060. The molecule has 4 rings (SSSR count). The number of fused-ring (bicyclic) bond motifs is 1. The van der Waals surface area contributed by atoms with E-state index in [1.54, 1.807) is 9.91 Å². The van der Waals surface area contributed by atoms with Gasteiger partial charge in [-0.3, -0.25) is 14.4 Å². The van der Waals surface area contributed by atoms with Crippen molar-refractivity contribution in [3.63, 3.8) is 0 Å². The topological polar surface area (TPSA) is 109 Å². The number of allylic oxidation sites excluding steroid dienone is 2. The number of rotatable bonds is 10. The van der Waals surface area contributed by atoms with Gasteiger partial charge < -0.3 is 19.5 Å². The maximum Gasteiger partial charge on any atom is 0.303 e. The van der Waals surface area contributed by atoms with Gasteiger partial charge in [0.25, 0.3) is 0 Å². The van der Waals surface area contributed by atoms with Gasteiger partial charge in [0.05, 0.1) is 30.9 Å². The zero-order valence-electron chi connectivity index (χ0n) is 21.7. The third kappa shape index (κ3) is 6.14. The molecule has 37 heavy (non-hydrogen) atoms. The maximum atomic E-state index is 13.6. The lowest BCUT2D eigenvalue weighted by Gasteiger charge is -2.42. The molecular weight excluding hydrogens is 474 g/mol. The van der Waals surface area contributed by atoms with Gasteiger partial charge >= 0.3 is 5.97 Å². The zero-order chi connectivity index (χ0) is 26.4. The predicted octanol–water partition coefficient (Wildman–Crippen LogP) is 3.86. The van der Waals surface area contributed by atoms with Gasteiger partial charge in [-0.25, -0.2) is 5.01 Å². The molecular formula is C28H37N3O6. The molecule has 1 aromatic carbocycles. The molecule has 0 radical (unpaired) electrons. The molecule has 9 nitrogen and oxygen atoms in total. The van der Waals surface area contributed by atoms with Crippen LogP contribution in [0.3, 0.4) is 0 Å². The van der Waals surface area contributed by atoms with Crippen molar-refractivity contribution in [1.82, 2.24) is 9.91 Å². The molecule has 0 spiro atoms. The van der Waals surface area contributed by atoms with E-state index in [0.717, 1.165) is 17.7 Å². The van der Waals surface area contributed by atoms with Gasteiger partial charge in [-0.05, 0) is 64.2 Å². The Labute approximate surface area is 218 Å². The summed E-state index contributed by atoms with van der Waals surface area (Å²) < 4.78 is 11.6. The van der Waals surface area contributed by atoms with E-state index in [1.165, 1.54) is 0 Å². The first-order valence-electron chi connectivity index (χ1n) is 13.4. The molecule has 2 amide bonds. The van der Waals surface area contributed by atoms with Crippen molar-refractivity contribution in [3.05, 3.63) is 35.9 Å². The number of nitrogens with zero attached hydrogens (tertiary/aromatic N) is 3. The first-order chi connectivity index (χ1) is 17.9. The number of carboxylic acids is 1. The summed E-state index contributed by atoms with van der Waals surface area (Å²) in [5, 5.41) is 15.5. The summed E-state index contributed by atoms with van der Waals surface area (Å²) in [5.41, 5.74) is 1.82. The number of aliphatic carboxylic acids is 1. The molecule has 0 aromatic heterocycles. The van der Waals surface area contributed by atoms with E-state index in [4.69, 9.17) is 19.7 Å². The fourth-order valence-electron chi connectivity index (χ4n) is 5.45. The highest BCUT2D eigenvalue weighted by molar-refractivity contribution is 6.07. The molecule has 1 saturated heterocycles. The third-order valence-electron chi connectivity index (χ3n) is 7.33. The quantitative estimate of drug-likeness (QED) is 0.478. The van der Waals surface area contributed by atoms with Gasteiger partial charge in [0, 0.05) is 37.4 Å². The molecule has 1 aromatic rings. The molecule has 1 fully saturated rings. The van der Waals surface area contributed by atoms with Crippen molar-refractivity contribution in [2.45, 2.75) is 64.8 Å². The molecule has 3 aliphatic rings. The molecule has 2 heterocycles. The van der Waals surface area contributed by atoms with Crippen LogP contribution in [0.1, 0.15) is 64.4 Å². The lowest BCUT2D eigenvalue weighted by Crippen LogP contribution is -2.52. The molecule has 0 bridgehead atoms. The van der Waals surface area contributed by atoms with E-state index in [9.17, 15) is 14.4 Å². The minimum absolute atomic E-state index is 0.00443. The number of carbonyl (C=O) groups is 3. The number of benzene rings is 1. The molecule has 0 saturated carbocycles. The number of carbonyl (C=O) groups excluding carboxylic acids is 2. The second-order valence-electron chi connectivity index (χ2n) is 9.71. The lowest BCUT2D eigenvalue weighted by molar-refractivity contribution is -0.142. The summed E-state index contributed by atoms with van der Waals surface area (Å²) in [6.45, 7) is 6.01. The van der Waals surface area contributed by atoms with Gasteiger partial charge in [0.2, 0.25) is 11.8 Å². The van der Waals surface area contributed by atoms with Crippen molar-refractivity contribution < 1.29 is 29.0 Å². The maximum absolute atomic E-state index is 13.6. The highest BCUT2D eigenvalue weighted by Crippen LogP contribution is 2.38. The Balaban J connectivity index is 1.54. The standard InChI is InChI=1S/C28H37N3O6/c1-3-36-23-13-12-19(18-24(23)37-4-2)27-21-8-5-6-9-22(21)28(35)31(29-27)20-14-16-30(17-15-20)25(32)10-7-11-26(33)34/h5-6,12-13,18,20-22H,3-4,7-11,14-17H2,1-2H3,(H,33,34)/t21-,22+/m0/s1. The summed E-state index contributed by atoms with van der Waals surface area (Å²) in [4.78, 5) is 38.6. The number of hydrazone groups is 1. The van der Waals surface area contributed by atoms with E-state index >= 15 is 0 Å². The van der Waals surface area contributed by atoms with E-state index in [0.29, 0.717) is 63.5 Å². The summed E-state index contributed by atoms with van der Waals surface area (Å²) in [6.07, 6.45) is 7.54. The van der Waals surface area contributed by atoms with Crippen molar-refractivity contribution >= 4 is 23.5 Å². The highest BCUT2D eigenvalue weighted by atomic mass is 16.5. The van der Waals surface area contributed by atoms with E-state index < -0.39 is 5.97 Å². The van der Waals surface area contributed by atoms with Crippen LogP contribution in [0.25, 0.3) is 0 Å². The minimum atomic E-state index is -0.888. The fraction of sp³-hybridized carbons (Fsp3) is 0.571. The van der Waals surface area contributed by atoms with Crippen LogP contribution in [0.15, 0.2) is 35.5 Å². The average Bonchev–Trinajstić information content (AvgIpc) is 2.90. The van der Waals surface area contributed by atoms with Crippen LogP contribution in [0, 0.1) is 11.8 Å². The lowest BCUT2D eigenvalue weighted by atomic mass is 9.76. The van der Waals surface area contributed by atoms with Crippen LogP contribution in [0.2, 0.25) is 0 Å². The summed E-state index contributed by atoms with van der Waals surface area (Å²) >= 11 is 0. The highest BCUT2D eigenvalue weighted by Gasteiger charge is 2.43. The fourth-order valence-corrected chi connectivity index (χ4v) is 5.45. The van der Waals surface area contributed by atoms with Crippen molar-refractivity contribution in [1.29, 1.82) is 0 Å². The smallest absolute Gasteiger partial charge is 0.303 e. The van der Waals surface area contributed by atoms with Gasteiger partial charge in [0.15, 0.2) is 11.5 Å². The van der Waals surface area contributed by atoms with Crippen molar-refractivity contribution in [2.24, 2.45) is 16.9 Å². The van der Waals surface area contributed by atoms with E-state index in [1.807, 2.05) is 32.0 Å². The minimum Gasteiger partial charge on any atom is -0.490 e. The van der Waals surface area contributed by atoms with E-state index in [2.05, 4.69) is 12.2 Å². The Morgan fingerprint density at radius 3 is 2.35 bits per heavy atom.